The van der Waals surface area contributed by atoms with Crippen molar-refractivity contribution in [1.82, 2.24) is 0 Å². The van der Waals surface area contributed by atoms with Crippen LogP contribution in [-0.4, -0.2) is 5.78 Å². The number of carbonyl (C=O) groups is 1. The first-order valence-corrected chi connectivity index (χ1v) is 6.33. The van der Waals surface area contributed by atoms with Gasteiger partial charge in [0.1, 0.15) is 5.76 Å². The van der Waals surface area contributed by atoms with E-state index in [9.17, 15) is 4.79 Å². The largest absolute Gasteiger partial charge is 0.469 e. The summed E-state index contributed by atoms with van der Waals surface area (Å²) in [6.45, 7) is 6.26. The maximum Gasteiger partial charge on any atom is 0.158 e. The fourth-order valence-electron chi connectivity index (χ4n) is 2.28. The van der Waals surface area contributed by atoms with Gasteiger partial charge >= 0.3 is 0 Å². The number of hydrogen-bond acceptors (Lipinski definition) is 2. The molecule has 92 valence electrons. The van der Waals surface area contributed by atoms with Crippen LogP contribution >= 0.6 is 0 Å². The van der Waals surface area contributed by atoms with E-state index in [0.29, 0.717) is 18.3 Å². The van der Waals surface area contributed by atoms with Crippen LogP contribution in [0.2, 0.25) is 0 Å². The molecule has 0 fully saturated rings. The minimum absolute atomic E-state index is 0.271. The highest BCUT2D eigenvalue weighted by Crippen LogP contribution is 2.31. The van der Waals surface area contributed by atoms with Crippen LogP contribution in [-0.2, 0) is 11.2 Å². The van der Waals surface area contributed by atoms with Crippen molar-refractivity contribution in [2.24, 2.45) is 5.92 Å². The molecular weight excluding hydrogens is 212 g/mol. The van der Waals surface area contributed by atoms with Crippen LogP contribution in [0.3, 0.4) is 0 Å². The lowest BCUT2D eigenvalue weighted by molar-refractivity contribution is -0.116. The van der Waals surface area contributed by atoms with Crippen LogP contribution < -0.4 is 0 Å². The Hall–Kier alpha value is -1.31. The molecule has 0 N–H and O–H groups in total. The van der Waals surface area contributed by atoms with Crippen LogP contribution in [0, 0.1) is 5.92 Å². The zero-order valence-electron chi connectivity index (χ0n) is 10.8. The molecule has 0 aromatic carbocycles. The highest BCUT2D eigenvalue weighted by Gasteiger charge is 2.22. The summed E-state index contributed by atoms with van der Waals surface area (Å²) in [7, 11) is 0. The van der Waals surface area contributed by atoms with E-state index >= 15 is 0 Å². The number of ketones is 1. The first kappa shape index (κ1) is 12.2. The highest BCUT2D eigenvalue weighted by molar-refractivity contribution is 5.96. The minimum Gasteiger partial charge on any atom is -0.469 e. The van der Waals surface area contributed by atoms with E-state index in [2.05, 4.69) is 19.9 Å². The summed E-state index contributed by atoms with van der Waals surface area (Å²) in [5, 5.41) is 0. The molecule has 17 heavy (non-hydrogen) atoms. The van der Waals surface area contributed by atoms with Crippen LogP contribution in [0.4, 0.5) is 0 Å². The van der Waals surface area contributed by atoms with Gasteiger partial charge in [0.15, 0.2) is 5.78 Å². The summed E-state index contributed by atoms with van der Waals surface area (Å²) in [4.78, 5) is 11.7. The average Bonchev–Trinajstić information content (AvgIpc) is 2.69. The molecule has 1 heterocycles. The predicted octanol–water partition coefficient (Wildman–Crippen LogP) is 3.87. The minimum atomic E-state index is 0.271. The van der Waals surface area contributed by atoms with Crippen molar-refractivity contribution >= 4 is 5.78 Å². The molecule has 2 nitrogen and oxygen atoms in total. The molecule has 0 saturated carbocycles. The molecule has 0 bridgehead atoms. The van der Waals surface area contributed by atoms with Gasteiger partial charge in [-0.1, -0.05) is 19.9 Å². The van der Waals surface area contributed by atoms with Gasteiger partial charge in [-0.2, -0.15) is 0 Å². The van der Waals surface area contributed by atoms with E-state index in [-0.39, 0.29) is 5.78 Å². The molecule has 2 rings (SSSR count). The van der Waals surface area contributed by atoms with Crippen molar-refractivity contribution in [3.8, 4) is 0 Å². The quantitative estimate of drug-likeness (QED) is 0.791. The third-order valence-electron chi connectivity index (χ3n) is 3.34. The second kappa shape index (κ2) is 4.91. The Labute approximate surface area is 103 Å². The van der Waals surface area contributed by atoms with Crippen molar-refractivity contribution in [3.05, 3.63) is 35.3 Å². The molecule has 0 spiro atoms. The van der Waals surface area contributed by atoms with E-state index in [0.717, 1.165) is 24.2 Å². The van der Waals surface area contributed by atoms with Crippen LogP contribution in [0.1, 0.15) is 50.9 Å². The van der Waals surface area contributed by atoms with Crippen molar-refractivity contribution in [3.63, 3.8) is 0 Å². The number of furan rings is 1. The molecule has 1 atom stereocenters. The van der Waals surface area contributed by atoms with Crippen LogP contribution in [0.25, 0.3) is 0 Å². The number of Topliss-reactive ketones (excluding diaryl/α,β-unsaturated/α-hetero) is 1. The fraction of sp³-hybridized carbons (Fsp3) is 0.533. The molecule has 0 radical (unpaired) electrons. The highest BCUT2D eigenvalue weighted by atomic mass is 16.3. The molecule has 1 aromatic heterocycles. The van der Waals surface area contributed by atoms with Gasteiger partial charge in [-0.05, 0) is 42.4 Å². The molecule has 1 aliphatic rings. The topological polar surface area (TPSA) is 30.2 Å². The molecular formula is C15H20O2. The average molecular weight is 232 g/mol. The van der Waals surface area contributed by atoms with E-state index in [1.165, 1.54) is 5.56 Å². The van der Waals surface area contributed by atoms with Gasteiger partial charge in [0.2, 0.25) is 0 Å². The lowest BCUT2D eigenvalue weighted by atomic mass is 9.85. The number of rotatable bonds is 3. The Morgan fingerprint density at radius 3 is 2.88 bits per heavy atom. The summed E-state index contributed by atoms with van der Waals surface area (Å²) in [5.41, 5.74) is 2.09. The Morgan fingerprint density at radius 1 is 1.47 bits per heavy atom. The first-order valence-electron chi connectivity index (χ1n) is 6.33. The van der Waals surface area contributed by atoms with Gasteiger partial charge < -0.3 is 4.42 Å². The lowest BCUT2D eigenvalue weighted by Crippen LogP contribution is -2.12. The van der Waals surface area contributed by atoms with Gasteiger partial charge in [0.25, 0.3) is 0 Å². The molecule has 0 aliphatic heterocycles. The molecule has 1 unspecified atom stereocenters. The first-order chi connectivity index (χ1) is 8.06. The van der Waals surface area contributed by atoms with E-state index in [1.807, 2.05) is 19.3 Å². The number of allylic oxidation sites excluding steroid dienone is 2. The maximum absolute atomic E-state index is 11.7. The van der Waals surface area contributed by atoms with Crippen molar-refractivity contribution in [2.75, 3.05) is 0 Å². The van der Waals surface area contributed by atoms with E-state index in [4.69, 9.17) is 4.42 Å². The Bertz CT molecular complexity index is 438. The van der Waals surface area contributed by atoms with Crippen molar-refractivity contribution in [1.29, 1.82) is 0 Å². The van der Waals surface area contributed by atoms with E-state index < -0.39 is 0 Å². The molecule has 1 aromatic rings. The summed E-state index contributed by atoms with van der Waals surface area (Å²) in [6, 6.07) is 2.12. The normalized spacial score (nSPS) is 20.8. The summed E-state index contributed by atoms with van der Waals surface area (Å²) in [6.07, 6.45) is 6.42. The zero-order chi connectivity index (χ0) is 12.4. The molecule has 0 amide bonds. The van der Waals surface area contributed by atoms with Crippen LogP contribution in [0.15, 0.2) is 28.4 Å². The van der Waals surface area contributed by atoms with Gasteiger partial charge in [0.05, 0.1) is 6.26 Å². The zero-order valence-corrected chi connectivity index (χ0v) is 10.8. The van der Waals surface area contributed by atoms with Gasteiger partial charge in [-0.3, -0.25) is 4.79 Å². The van der Waals surface area contributed by atoms with Crippen molar-refractivity contribution < 1.29 is 9.21 Å². The van der Waals surface area contributed by atoms with E-state index in [1.54, 1.807) is 0 Å². The second-order valence-corrected chi connectivity index (χ2v) is 5.39. The fourth-order valence-corrected chi connectivity index (χ4v) is 2.28. The molecule has 0 saturated heterocycles. The SMILES string of the molecule is CC1=CCC(c2coc(CC(C)C)c2)CC1=O. The standard InChI is InChI=1S/C15H20O2/c1-10(2)6-14-7-13(9-17-14)12-5-4-11(3)15(16)8-12/h4,7,9-10,12H,5-6,8H2,1-3H3. The maximum atomic E-state index is 11.7. The van der Waals surface area contributed by atoms with Gasteiger partial charge in [-0.25, -0.2) is 0 Å². The van der Waals surface area contributed by atoms with Gasteiger partial charge in [0, 0.05) is 12.8 Å². The van der Waals surface area contributed by atoms with Gasteiger partial charge in [-0.15, -0.1) is 0 Å². The monoisotopic (exact) mass is 232 g/mol. The number of hydrogen-bond donors (Lipinski definition) is 0. The summed E-state index contributed by atoms with van der Waals surface area (Å²) in [5.74, 6) is 2.22. The Kier molecular flexibility index (Phi) is 3.51. The third-order valence-corrected chi connectivity index (χ3v) is 3.34. The molecule has 2 heteroatoms. The third kappa shape index (κ3) is 2.87. The molecule has 1 aliphatic carbocycles. The summed E-state index contributed by atoms with van der Waals surface area (Å²) >= 11 is 0. The smallest absolute Gasteiger partial charge is 0.158 e. The Morgan fingerprint density at radius 2 is 2.24 bits per heavy atom. The number of carbonyl (C=O) groups excluding carboxylic acids is 1. The van der Waals surface area contributed by atoms with Crippen molar-refractivity contribution in [2.45, 2.75) is 46.0 Å². The second-order valence-electron chi connectivity index (χ2n) is 5.39. The lowest BCUT2D eigenvalue weighted by Gasteiger charge is -2.17. The summed E-state index contributed by atoms with van der Waals surface area (Å²) < 4.78 is 5.56. The van der Waals surface area contributed by atoms with Crippen LogP contribution in [0.5, 0.6) is 0 Å². The Balaban J connectivity index is 2.08. The predicted molar refractivity (Wildman–Crippen MR) is 68.0 cm³/mol.